The van der Waals surface area contributed by atoms with Gasteiger partial charge >= 0.3 is 0 Å². The molecule has 0 saturated heterocycles. The zero-order chi connectivity index (χ0) is 20.3. The second-order valence-corrected chi connectivity index (χ2v) is 7.50. The normalized spacial score (nSPS) is 14.8. The topological polar surface area (TPSA) is 75.7 Å². The Labute approximate surface area is 164 Å². The number of amides is 3. The number of ether oxygens (including phenoxy) is 1. The van der Waals surface area contributed by atoms with Gasteiger partial charge in [-0.2, -0.15) is 0 Å². The molecule has 0 bridgehead atoms. The number of fused-ring (bicyclic) bond motifs is 1. The molecule has 28 heavy (non-hydrogen) atoms. The Kier molecular flexibility index (Phi) is 5.61. The monoisotopic (exact) mass is 380 g/mol. The van der Waals surface area contributed by atoms with Gasteiger partial charge in [0, 0.05) is 0 Å². The van der Waals surface area contributed by atoms with Gasteiger partial charge in [0.1, 0.15) is 6.61 Å². The number of hydrogen-bond donors (Lipinski definition) is 1. The molecule has 1 heterocycles. The average Bonchev–Trinajstić information content (AvgIpc) is 2.94. The lowest BCUT2D eigenvalue weighted by Crippen LogP contribution is -2.51. The van der Waals surface area contributed by atoms with Gasteiger partial charge in [0.05, 0.1) is 29.3 Å². The molecule has 1 aliphatic rings. The van der Waals surface area contributed by atoms with E-state index in [0.29, 0.717) is 11.1 Å². The highest BCUT2D eigenvalue weighted by molar-refractivity contribution is 6.21. The van der Waals surface area contributed by atoms with Crippen LogP contribution in [0.25, 0.3) is 0 Å². The van der Waals surface area contributed by atoms with Crippen molar-refractivity contribution in [2.45, 2.75) is 32.4 Å². The molecule has 1 N–H and O–H groups in total. The Hall–Kier alpha value is -2.99. The largest absolute Gasteiger partial charge is 0.369 e. The van der Waals surface area contributed by atoms with E-state index < -0.39 is 5.54 Å². The summed E-state index contributed by atoms with van der Waals surface area (Å²) < 4.78 is 5.55. The fourth-order valence-electron chi connectivity index (χ4n) is 3.31. The van der Waals surface area contributed by atoms with Crippen LogP contribution in [-0.4, -0.2) is 41.4 Å². The maximum atomic E-state index is 12.6. The molecule has 0 aliphatic carbocycles. The fraction of sp³-hybridized carbons (Fsp3) is 0.318. The third-order valence-corrected chi connectivity index (χ3v) is 4.76. The van der Waals surface area contributed by atoms with Gasteiger partial charge in [-0.1, -0.05) is 42.5 Å². The van der Waals surface area contributed by atoms with Crippen LogP contribution in [0.4, 0.5) is 0 Å². The summed E-state index contributed by atoms with van der Waals surface area (Å²) in [6.45, 7) is 5.31. The summed E-state index contributed by atoms with van der Waals surface area (Å²) >= 11 is 0. The summed E-state index contributed by atoms with van der Waals surface area (Å²) in [7, 11) is 0. The molecule has 0 fully saturated rings. The van der Waals surface area contributed by atoms with E-state index in [2.05, 4.69) is 5.32 Å². The smallest absolute Gasteiger partial charge is 0.262 e. The van der Waals surface area contributed by atoms with E-state index in [1.807, 2.05) is 37.3 Å². The molecule has 146 valence electrons. The molecule has 0 saturated carbocycles. The minimum absolute atomic E-state index is 0.0611. The van der Waals surface area contributed by atoms with Gasteiger partial charge in [-0.15, -0.1) is 0 Å². The van der Waals surface area contributed by atoms with Crippen molar-refractivity contribution in [3.63, 3.8) is 0 Å². The Bertz CT molecular complexity index is 857. The Morgan fingerprint density at radius 1 is 1.00 bits per heavy atom. The van der Waals surface area contributed by atoms with Crippen LogP contribution in [0.5, 0.6) is 0 Å². The number of carbonyl (C=O) groups is 3. The van der Waals surface area contributed by atoms with E-state index in [9.17, 15) is 14.4 Å². The van der Waals surface area contributed by atoms with Crippen LogP contribution >= 0.6 is 0 Å². The Morgan fingerprint density at radius 2 is 1.54 bits per heavy atom. The first-order valence-electron chi connectivity index (χ1n) is 9.21. The maximum Gasteiger partial charge on any atom is 0.262 e. The Balaban J connectivity index is 1.55. The molecule has 0 aromatic heterocycles. The molecule has 3 rings (SSSR count). The second-order valence-electron chi connectivity index (χ2n) is 7.50. The summed E-state index contributed by atoms with van der Waals surface area (Å²) in [5.41, 5.74) is 0.922. The molecule has 3 amide bonds. The number of imide groups is 1. The summed E-state index contributed by atoms with van der Waals surface area (Å²) in [4.78, 5) is 38.6. The molecule has 1 aliphatic heterocycles. The maximum absolute atomic E-state index is 12.6. The van der Waals surface area contributed by atoms with Crippen molar-refractivity contribution in [3.05, 3.63) is 71.3 Å². The van der Waals surface area contributed by atoms with E-state index >= 15 is 0 Å². The van der Waals surface area contributed by atoms with E-state index in [0.717, 1.165) is 5.56 Å². The molecule has 0 spiro atoms. The van der Waals surface area contributed by atoms with Crippen LogP contribution in [0.15, 0.2) is 54.6 Å². The predicted octanol–water partition coefficient (Wildman–Crippen LogP) is 2.96. The molecule has 6 nitrogen and oxygen atoms in total. The first-order valence-corrected chi connectivity index (χ1v) is 9.21. The molecule has 2 aromatic rings. The molecule has 0 radical (unpaired) electrons. The van der Waals surface area contributed by atoms with Crippen molar-refractivity contribution in [2.24, 2.45) is 0 Å². The number of nitrogens with one attached hydrogen (secondary N) is 1. The van der Waals surface area contributed by atoms with Crippen LogP contribution < -0.4 is 5.32 Å². The lowest BCUT2D eigenvalue weighted by Gasteiger charge is -2.33. The van der Waals surface area contributed by atoms with Crippen LogP contribution in [-0.2, 0) is 9.53 Å². The molecule has 2 aromatic carbocycles. The lowest BCUT2D eigenvalue weighted by atomic mass is 10.0. The summed E-state index contributed by atoms with van der Waals surface area (Å²) in [5.74, 6) is -0.929. The van der Waals surface area contributed by atoms with Crippen molar-refractivity contribution < 1.29 is 19.1 Å². The average molecular weight is 380 g/mol. The lowest BCUT2D eigenvalue weighted by molar-refractivity contribution is -0.127. The van der Waals surface area contributed by atoms with Gasteiger partial charge in [0.2, 0.25) is 5.91 Å². The number of hydrogen-bond acceptors (Lipinski definition) is 4. The zero-order valence-electron chi connectivity index (χ0n) is 16.3. The zero-order valence-corrected chi connectivity index (χ0v) is 16.3. The van der Waals surface area contributed by atoms with Crippen molar-refractivity contribution in [2.75, 3.05) is 13.2 Å². The van der Waals surface area contributed by atoms with E-state index in [1.54, 1.807) is 38.1 Å². The van der Waals surface area contributed by atoms with Crippen molar-refractivity contribution in [1.29, 1.82) is 0 Å². The predicted molar refractivity (Wildman–Crippen MR) is 105 cm³/mol. The van der Waals surface area contributed by atoms with E-state index in [4.69, 9.17) is 4.74 Å². The minimum atomic E-state index is -0.876. The van der Waals surface area contributed by atoms with Crippen LogP contribution in [0.3, 0.4) is 0 Å². The number of nitrogens with zero attached hydrogens (tertiary/aromatic N) is 1. The van der Waals surface area contributed by atoms with Gasteiger partial charge < -0.3 is 10.1 Å². The number of carbonyl (C=O) groups excluding carboxylic acids is 3. The van der Waals surface area contributed by atoms with Crippen molar-refractivity contribution in [3.8, 4) is 0 Å². The van der Waals surface area contributed by atoms with Gasteiger partial charge in [0.25, 0.3) is 11.8 Å². The highest BCUT2D eigenvalue weighted by Crippen LogP contribution is 2.29. The van der Waals surface area contributed by atoms with Crippen LogP contribution in [0.1, 0.15) is 53.1 Å². The third kappa shape index (κ3) is 3.97. The molecule has 6 heteroatoms. The highest BCUT2D eigenvalue weighted by atomic mass is 16.5. The van der Waals surface area contributed by atoms with E-state index in [-0.39, 0.29) is 37.0 Å². The first-order chi connectivity index (χ1) is 13.3. The van der Waals surface area contributed by atoms with Crippen LogP contribution in [0.2, 0.25) is 0 Å². The molecular weight excluding hydrogens is 356 g/mol. The van der Waals surface area contributed by atoms with Gasteiger partial charge in [-0.25, -0.2) is 0 Å². The standard InChI is InChI=1S/C22H24N2O4/c1-15(16-9-5-4-6-10-16)23-19(25)13-28-14-22(2,3)24-20(26)17-11-7-8-12-18(17)21(24)27/h4-12,15H,13-14H2,1-3H3,(H,23,25). The minimum Gasteiger partial charge on any atom is -0.369 e. The molecular formula is C22H24N2O4. The molecule has 1 unspecified atom stereocenters. The van der Waals surface area contributed by atoms with Gasteiger partial charge in [-0.05, 0) is 38.5 Å². The van der Waals surface area contributed by atoms with Crippen LogP contribution in [0, 0.1) is 0 Å². The van der Waals surface area contributed by atoms with Gasteiger partial charge in [0.15, 0.2) is 0 Å². The van der Waals surface area contributed by atoms with Crippen molar-refractivity contribution in [1.82, 2.24) is 10.2 Å². The summed E-state index contributed by atoms with van der Waals surface area (Å²) in [6.07, 6.45) is 0. The van der Waals surface area contributed by atoms with E-state index in [1.165, 1.54) is 4.90 Å². The number of benzene rings is 2. The molecule has 1 atom stereocenters. The highest BCUT2D eigenvalue weighted by Gasteiger charge is 2.44. The fourth-order valence-corrected chi connectivity index (χ4v) is 3.31. The quantitative estimate of drug-likeness (QED) is 0.750. The van der Waals surface area contributed by atoms with Crippen molar-refractivity contribution >= 4 is 17.7 Å². The van der Waals surface area contributed by atoms with Gasteiger partial charge in [-0.3, -0.25) is 19.3 Å². The first kappa shape index (κ1) is 19.8. The SMILES string of the molecule is CC(NC(=O)COCC(C)(C)N1C(=O)c2ccccc2C1=O)c1ccccc1. The summed E-state index contributed by atoms with van der Waals surface area (Å²) in [5, 5.41) is 2.87. The summed E-state index contributed by atoms with van der Waals surface area (Å²) in [6, 6.07) is 16.2. The Morgan fingerprint density at radius 3 is 2.11 bits per heavy atom. The third-order valence-electron chi connectivity index (χ3n) is 4.76. The number of rotatable bonds is 7. The second kappa shape index (κ2) is 7.94.